The molecule has 188 valence electrons. The molecule has 3 aliphatic rings. The van der Waals surface area contributed by atoms with Gasteiger partial charge in [0.25, 0.3) is 0 Å². The molecule has 0 spiro atoms. The Morgan fingerprint density at radius 3 is 1.88 bits per heavy atom. The first-order valence-corrected chi connectivity index (χ1v) is 12.7. The normalized spacial score (nSPS) is 26.9. The van der Waals surface area contributed by atoms with Gasteiger partial charge in [-0.2, -0.15) is 0 Å². The summed E-state index contributed by atoms with van der Waals surface area (Å²) in [7, 11) is 0. The third-order valence-electron chi connectivity index (χ3n) is 5.68. The molecule has 3 nitrogen and oxygen atoms in total. The quantitative estimate of drug-likeness (QED) is 0.399. The van der Waals surface area contributed by atoms with Gasteiger partial charge in [-0.25, -0.2) is 0 Å². The number of rotatable bonds is 3. The Balaban J connectivity index is 0.000000247. The third-order valence-corrected chi connectivity index (χ3v) is 5.68. The average Bonchev–Trinajstić information content (AvgIpc) is 2.67. The molecular formula is C30H50O3. The van der Waals surface area contributed by atoms with Gasteiger partial charge in [-0.05, 0) is 86.5 Å². The molecule has 0 amide bonds. The summed E-state index contributed by atoms with van der Waals surface area (Å²) in [5, 5.41) is 0. The zero-order valence-corrected chi connectivity index (χ0v) is 22.7. The summed E-state index contributed by atoms with van der Waals surface area (Å²) in [6, 6.07) is 0. The molecule has 0 aromatic rings. The minimum atomic E-state index is 0.293. The zero-order valence-electron chi connectivity index (χ0n) is 22.7. The molecule has 0 bridgehead atoms. The molecule has 3 aliphatic heterocycles. The fourth-order valence-corrected chi connectivity index (χ4v) is 4.02. The molecule has 0 radical (unpaired) electrons. The topological polar surface area (TPSA) is 27.7 Å². The van der Waals surface area contributed by atoms with Gasteiger partial charge < -0.3 is 14.2 Å². The first kappa shape index (κ1) is 29.6. The standard InChI is InChI=1S/C10H18O.2C10H16O/c3*1-8(2)6-10-7-9(3)4-5-11-10/h6,9-10H,4-5,7H2,1-3H3;4,6,10H,5,7H2,1-3H3;6,10H,3-5,7H2,1-2H3. The summed E-state index contributed by atoms with van der Waals surface area (Å²) in [4.78, 5) is 0. The fourth-order valence-electron chi connectivity index (χ4n) is 4.02. The van der Waals surface area contributed by atoms with Gasteiger partial charge in [0.15, 0.2) is 0 Å². The van der Waals surface area contributed by atoms with Crippen molar-refractivity contribution in [3.05, 3.63) is 58.7 Å². The first-order valence-electron chi connectivity index (χ1n) is 12.7. The van der Waals surface area contributed by atoms with Gasteiger partial charge >= 0.3 is 0 Å². The van der Waals surface area contributed by atoms with Crippen LogP contribution in [0.2, 0.25) is 0 Å². The lowest BCUT2D eigenvalue weighted by atomic mass is 9.97. The molecule has 3 rings (SSSR count). The van der Waals surface area contributed by atoms with Crippen molar-refractivity contribution in [1.29, 1.82) is 0 Å². The summed E-state index contributed by atoms with van der Waals surface area (Å²) >= 11 is 0. The van der Waals surface area contributed by atoms with Crippen molar-refractivity contribution in [2.24, 2.45) is 5.92 Å². The lowest BCUT2D eigenvalue weighted by molar-refractivity contribution is 0.0235. The van der Waals surface area contributed by atoms with Crippen LogP contribution in [-0.2, 0) is 14.2 Å². The Morgan fingerprint density at radius 1 is 0.818 bits per heavy atom. The van der Waals surface area contributed by atoms with Crippen molar-refractivity contribution in [3.63, 3.8) is 0 Å². The van der Waals surface area contributed by atoms with Crippen LogP contribution in [0, 0.1) is 5.92 Å². The van der Waals surface area contributed by atoms with Crippen molar-refractivity contribution in [2.75, 3.05) is 19.8 Å². The van der Waals surface area contributed by atoms with Gasteiger partial charge in [0.1, 0.15) is 0 Å². The molecular weight excluding hydrogens is 408 g/mol. The Kier molecular flexibility index (Phi) is 14.6. The molecule has 33 heavy (non-hydrogen) atoms. The average molecular weight is 459 g/mol. The van der Waals surface area contributed by atoms with Crippen LogP contribution in [0.1, 0.15) is 87.5 Å². The highest BCUT2D eigenvalue weighted by atomic mass is 16.5. The van der Waals surface area contributed by atoms with E-state index in [-0.39, 0.29) is 0 Å². The van der Waals surface area contributed by atoms with Gasteiger partial charge in [-0.1, -0.05) is 65.7 Å². The van der Waals surface area contributed by atoms with Crippen LogP contribution >= 0.6 is 0 Å². The van der Waals surface area contributed by atoms with Crippen LogP contribution in [0.25, 0.3) is 0 Å². The van der Waals surface area contributed by atoms with Gasteiger partial charge in [0.05, 0.1) is 31.5 Å². The smallest absolute Gasteiger partial charge is 0.0799 e. The number of hydrogen-bond donors (Lipinski definition) is 0. The molecule has 2 fully saturated rings. The largest absolute Gasteiger partial charge is 0.374 e. The second-order valence-electron chi connectivity index (χ2n) is 10.5. The summed E-state index contributed by atoms with van der Waals surface area (Å²) in [5.74, 6) is 0.837. The van der Waals surface area contributed by atoms with Crippen LogP contribution in [-0.4, -0.2) is 38.1 Å². The summed E-state index contributed by atoms with van der Waals surface area (Å²) in [6.45, 7) is 23.6. The van der Waals surface area contributed by atoms with Gasteiger partial charge in [-0.15, -0.1) is 0 Å². The minimum Gasteiger partial charge on any atom is -0.374 e. The highest BCUT2D eigenvalue weighted by Crippen LogP contribution is 2.21. The molecule has 4 unspecified atom stereocenters. The lowest BCUT2D eigenvalue weighted by Gasteiger charge is -2.25. The van der Waals surface area contributed by atoms with E-state index in [0.29, 0.717) is 18.3 Å². The van der Waals surface area contributed by atoms with Crippen molar-refractivity contribution in [1.82, 2.24) is 0 Å². The predicted octanol–water partition coefficient (Wildman–Crippen LogP) is 8.14. The maximum Gasteiger partial charge on any atom is 0.0799 e. The van der Waals surface area contributed by atoms with E-state index in [1.165, 1.54) is 40.7 Å². The Hall–Kier alpha value is -1.42. The Bertz CT molecular complexity index is 682. The molecule has 2 saturated heterocycles. The number of hydrogen-bond acceptors (Lipinski definition) is 3. The second kappa shape index (κ2) is 16.2. The molecule has 4 atom stereocenters. The van der Waals surface area contributed by atoms with Crippen molar-refractivity contribution in [2.45, 2.75) is 106 Å². The van der Waals surface area contributed by atoms with Crippen LogP contribution < -0.4 is 0 Å². The molecule has 0 saturated carbocycles. The van der Waals surface area contributed by atoms with Gasteiger partial charge in [0, 0.05) is 6.61 Å². The van der Waals surface area contributed by atoms with E-state index in [9.17, 15) is 0 Å². The maximum absolute atomic E-state index is 5.58. The highest BCUT2D eigenvalue weighted by molar-refractivity contribution is 5.10. The molecule has 0 aliphatic carbocycles. The predicted molar refractivity (Wildman–Crippen MR) is 143 cm³/mol. The van der Waals surface area contributed by atoms with E-state index in [1.807, 2.05) is 0 Å². The summed E-state index contributed by atoms with van der Waals surface area (Å²) < 4.78 is 16.6. The molecule has 0 aromatic carbocycles. The van der Waals surface area contributed by atoms with Gasteiger partial charge in [-0.3, -0.25) is 0 Å². The SMILES string of the molecule is C=C1CCOC(C=C(C)C)C1.CC(C)=CC1CC(C)=CCO1.CC(C)=CC1CC(C)CCO1. The van der Waals surface area contributed by atoms with E-state index in [2.05, 4.69) is 86.3 Å². The van der Waals surface area contributed by atoms with Crippen molar-refractivity contribution >= 4 is 0 Å². The van der Waals surface area contributed by atoms with E-state index in [4.69, 9.17) is 14.2 Å². The minimum absolute atomic E-state index is 0.293. The summed E-state index contributed by atoms with van der Waals surface area (Å²) in [5.41, 5.74) is 6.79. The monoisotopic (exact) mass is 458 g/mol. The van der Waals surface area contributed by atoms with E-state index < -0.39 is 0 Å². The molecule has 0 aromatic heterocycles. The third kappa shape index (κ3) is 15.2. The second-order valence-corrected chi connectivity index (χ2v) is 10.5. The van der Waals surface area contributed by atoms with E-state index in [0.717, 1.165) is 45.0 Å². The van der Waals surface area contributed by atoms with E-state index in [1.54, 1.807) is 0 Å². The molecule has 3 heterocycles. The van der Waals surface area contributed by atoms with Crippen LogP contribution in [0.15, 0.2) is 58.7 Å². The fraction of sp³-hybridized carbons (Fsp3) is 0.667. The van der Waals surface area contributed by atoms with Crippen LogP contribution in [0.5, 0.6) is 0 Å². The number of ether oxygens (including phenoxy) is 3. The lowest BCUT2D eigenvalue weighted by Crippen LogP contribution is -2.22. The maximum atomic E-state index is 5.58. The van der Waals surface area contributed by atoms with Crippen molar-refractivity contribution in [3.8, 4) is 0 Å². The molecule has 3 heteroatoms. The Labute approximate surface area is 204 Å². The summed E-state index contributed by atoms with van der Waals surface area (Å²) in [6.07, 6.45) is 15.3. The van der Waals surface area contributed by atoms with Crippen molar-refractivity contribution < 1.29 is 14.2 Å². The van der Waals surface area contributed by atoms with Crippen LogP contribution in [0.3, 0.4) is 0 Å². The van der Waals surface area contributed by atoms with Crippen LogP contribution in [0.4, 0.5) is 0 Å². The zero-order chi connectivity index (χ0) is 24.8. The highest BCUT2D eigenvalue weighted by Gasteiger charge is 2.16. The van der Waals surface area contributed by atoms with E-state index >= 15 is 0 Å². The molecule has 0 N–H and O–H groups in total. The Morgan fingerprint density at radius 2 is 1.36 bits per heavy atom. The first-order chi connectivity index (χ1) is 15.5. The van der Waals surface area contributed by atoms with Gasteiger partial charge in [0.2, 0.25) is 0 Å². The number of allylic oxidation sites excluding steroid dienone is 3.